The number of hydrogen-bond acceptors (Lipinski definition) is 10. The smallest absolute Gasteiger partial charge is 0.213 e. The lowest BCUT2D eigenvalue weighted by Gasteiger charge is -2.21. The van der Waals surface area contributed by atoms with Crippen LogP contribution in [0.5, 0.6) is 17.4 Å². The molecule has 0 aliphatic carbocycles. The van der Waals surface area contributed by atoms with Crippen LogP contribution in [0.2, 0.25) is 0 Å². The van der Waals surface area contributed by atoms with E-state index in [4.69, 9.17) is 28.9 Å². The third-order valence-electron chi connectivity index (χ3n) is 5.74. The summed E-state index contributed by atoms with van der Waals surface area (Å²) in [5.41, 5.74) is 2.30. The van der Waals surface area contributed by atoms with Gasteiger partial charge in [0.1, 0.15) is 22.9 Å². The zero-order valence-corrected chi connectivity index (χ0v) is 21.2. The minimum Gasteiger partial charge on any atom is -0.494 e. The van der Waals surface area contributed by atoms with Gasteiger partial charge in [-0.3, -0.25) is 4.57 Å². The van der Waals surface area contributed by atoms with Crippen LogP contribution in [-0.2, 0) is 4.74 Å². The first-order valence-electron chi connectivity index (χ1n) is 11.8. The molecule has 1 aliphatic rings. The Hall–Kier alpha value is -3.57. The summed E-state index contributed by atoms with van der Waals surface area (Å²) in [6, 6.07) is 11.2. The number of benzene rings is 1. The van der Waals surface area contributed by atoms with Crippen LogP contribution in [0.15, 0.2) is 42.6 Å². The summed E-state index contributed by atoms with van der Waals surface area (Å²) < 4.78 is 27.8. The van der Waals surface area contributed by atoms with Crippen molar-refractivity contribution in [2.75, 3.05) is 38.8 Å². The van der Waals surface area contributed by atoms with E-state index in [-0.39, 0.29) is 0 Å². The number of para-hydroxylation sites is 1. The van der Waals surface area contributed by atoms with Crippen molar-refractivity contribution in [2.24, 2.45) is 0 Å². The van der Waals surface area contributed by atoms with Gasteiger partial charge in [0.25, 0.3) is 0 Å². The van der Waals surface area contributed by atoms with Crippen molar-refractivity contribution in [3.63, 3.8) is 0 Å². The highest BCUT2D eigenvalue weighted by Gasteiger charge is 2.24. The predicted octanol–water partition coefficient (Wildman–Crippen LogP) is 4.53. The maximum absolute atomic E-state index is 5.72. The Morgan fingerprint density at radius 2 is 1.78 bits per heavy atom. The molecule has 10 nitrogen and oxygen atoms in total. The lowest BCUT2D eigenvalue weighted by atomic mass is 10.2. The Balaban J connectivity index is 1.65. The molecule has 0 amide bonds. The number of imidazole rings is 1. The Labute approximate surface area is 213 Å². The number of aromatic nitrogens is 5. The highest BCUT2D eigenvalue weighted by atomic mass is 32.2. The number of pyridine rings is 1. The summed E-state index contributed by atoms with van der Waals surface area (Å²) in [5.74, 6) is 2.90. The number of nitrogens with one attached hydrogen (secondary N) is 1. The lowest BCUT2D eigenvalue weighted by molar-refractivity contribution is 0.100. The molecule has 1 aromatic carbocycles. The summed E-state index contributed by atoms with van der Waals surface area (Å²) in [4.78, 5) is 19.0. The molecule has 5 rings (SSSR count). The molecule has 0 unspecified atom stereocenters. The van der Waals surface area contributed by atoms with Crippen LogP contribution in [-0.4, -0.2) is 63.8 Å². The molecule has 0 spiro atoms. The van der Waals surface area contributed by atoms with Crippen LogP contribution < -0.4 is 18.9 Å². The van der Waals surface area contributed by atoms with Gasteiger partial charge in [0.15, 0.2) is 22.9 Å². The van der Waals surface area contributed by atoms with Crippen LogP contribution in [0, 0.1) is 0 Å². The molecule has 0 atom stereocenters. The molecule has 1 aliphatic heterocycles. The molecule has 1 fully saturated rings. The predicted molar refractivity (Wildman–Crippen MR) is 139 cm³/mol. The molecular weight excluding hydrogens is 480 g/mol. The van der Waals surface area contributed by atoms with Gasteiger partial charge in [-0.15, -0.1) is 0 Å². The zero-order chi connectivity index (χ0) is 24.9. The van der Waals surface area contributed by atoms with Gasteiger partial charge in [-0.1, -0.05) is 12.1 Å². The molecule has 0 radical (unpaired) electrons. The first kappa shape index (κ1) is 24.1. The van der Waals surface area contributed by atoms with Gasteiger partial charge in [-0.05, 0) is 49.9 Å². The molecule has 11 heteroatoms. The second kappa shape index (κ2) is 11.0. The highest BCUT2D eigenvalue weighted by Crippen LogP contribution is 2.38. The van der Waals surface area contributed by atoms with Gasteiger partial charge < -0.3 is 23.7 Å². The summed E-state index contributed by atoms with van der Waals surface area (Å²) in [6.07, 6.45) is 3.69. The number of methoxy groups -OCH3 is 2. The molecule has 36 heavy (non-hydrogen) atoms. The van der Waals surface area contributed by atoms with E-state index in [9.17, 15) is 0 Å². The van der Waals surface area contributed by atoms with Gasteiger partial charge >= 0.3 is 0 Å². The van der Waals surface area contributed by atoms with Gasteiger partial charge in [-0.2, -0.15) is 0 Å². The van der Waals surface area contributed by atoms with Crippen LogP contribution >= 0.6 is 11.9 Å². The van der Waals surface area contributed by atoms with Crippen molar-refractivity contribution in [1.82, 2.24) is 24.5 Å². The van der Waals surface area contributed by atoms with E-state index in [1.165, 1.54) is 0 Å². The summed E-state index contributed by atoms with van der Waals surface area (Å²) >= 11 is 1.65. The fourth-order valence-electron chi connectivity index (χ4n) is 4.04. The maximum Gasteiger partial charge on any atom is 0.213 e. The molecule has 3 aromatic heterocycles. The molecule has 188 valence electrons. The normalized spacial score (nSPS) is 14.1. The first-order chi connectivity index (χ1) is 17.7. The van der Waals surface area contributed by atoms with Gasteiger partial charge in [0.2, 0.25) is 5.88 Å². The molecule has 4 aromatic rings. The Bertz CT molecular complexity index is 1320. The number of hydrogen-bond donors (Lipinski definition) is 1. The summed E-state index contributed by atoms with van der Waals surface area (Å²) in [5, 5.41) is 0.455. The number of anilines is 1. The van der Waals surface area contributed by atoms with E-state index in [0.717, 1.165) is 26.1 Å². The number of rotatable bonds is 9. The van der Waals surface area contributed by atoms with Gasteiger partial charge in [0.05, 0.1) is 27.0 Å². The van der Waals surface area contributed by atoms with E-state index in [1.54, 1.807) is 32.4 Å². The van der Waals surface area contributed by atoms with Crippen molar-refractivity contribution in [3.8, 4) is 34.6 Å². The van der Waals surface area contributed by atoms with E-state index >= 15 is 0 Å². The van der Waals surface area contributed by atoms with E-state index in [1.807, 2.05) is 47.9 Å². The second-order valence-electron chi connectivity index (χ2n) is 8.01. The van der Waals surface area contributed by atoms with Crippen molar-refractivity contribution in [3.05, 3.63) is 42.6 Å². The maximum atomic E-state index is 5.72. The average molecular weight is 509 g/mol. The average Bonchev–Trinajstić information content (AvgIpc) is 3.30. The third-order valence-corrected chi connectivity index (χ3v) is 6.87. The molecule has 0 saturated carbocycles. The Kier molecular flexibility index (Phi) is 7.38. The Morgan fingerprint density at radius 1 is 1.03 bits per heavy atom. The van der Waals surface area contributed by atoms with Crippen molar-refractivity contribution in [2.45, 2.75) is 25.0 Å². The van der Waals surface area contributed by atoms with Crippen molar-refractivity contribution >= 4 is 29.1 Å². The molecule has 1 N–H and O–H groups in total. The SMILES string of the molecule is CCOc1cccc(-c2nc3ncc(NSC4CCOCC4)nc3n2-c2c(OC)cccc2OC)n1. The molecule has 1 saturated heterocycles. The quantitative estimate of drug-likeness (QED) is 0.324. The third kappa shape index (κ3) is 4.89. The topological polar surface area (TPSA) is 105 Å². The molecule has 0 bridgehead atoms. The fourth-order valence-corrected chi connectivity index (χ4v) is 4.86. The van der Waals surface area contributed by atoms with Crippen LogP contribution in [0.25, 0.3) is 28.5 Å². The largest absolute Gasteiger partial charge is 0.494 e. The lowest BCUT2D eigenvalue weighted by Crippen LogP contribution is -2.19. The summed E-state index contributed by atoms with van der Waals surface area (Å²) in [6.45, 7) is 3.99. The standard InChI is InChI=1S/C25H28N6O4S/c1-4-35-21-10-5-7-17(27-21)24-29-23-25(31(24)22-18(32-2)8-6-9-19(22)33-3)28-20(15-26-23)30-36-16-11-13-34-14-12-16/h5-10,15-16H,4,11-14H2,1-3H3,(H,28,30). The van der Waals surface area contributed by atoms with E-state index in [0.29, 0.717) is 63.6 Å². The highest BCUT2D eigenvalue weighted by molar-refractivity contribution is 8.01. The number of fused-ring (bicyclic) bond motifs is 1. The minimum absolute atomic E-state index is 0.455. The van der Waals surface area contributed by atoms with E-state index in [2.05, 4.69) is 14.7 Å². The number of ether oxygens (including phenoxy) is 4. The second-order valence-corrected chi connectivity index (χ2v) is 9.12. The number of nitrogens with zero attached hydrogens (tertiary/aromatic N) is 5. The van der Waals surface area contributed by atoms with Crippen LogP contribution in [0.4, 0.5) is 5.82 Å². The van der Waals surface area contributed by atoms with Gasteiger partial charge in [0, 0.05) is 24.5 Å². The fraction of sp³-hybridized carbons (Fsp3) is 0.360. The van der Waals surface area contributed by atoms with Gasteiger partial charge in [-0.25, -0.2) is 19.9 Å². The van der Waals surface area contributed by atoms with Crippen LogP contribution in [0.1, 0.15) is 19.8 Å². The zero-order valence-electron chi connectivity index (χ0n) is 20.4. The molecule has 4 heterocycles. The summed E-state index contributed by atoms with van der Waals surface area (Å²) in [7, 11) is 3.24. The Morgan fingerprint density at radius 3 is 2.50 bits per heavy atom. The van der Waals surface area contributed by atoms with Crippen LogP contribution in [0.3, 0.4) is 0 Å². The van der Waals surface area contributed by atoms with Crippen molar-refractivity contribution < 1.29 is 18.9 Å². The molecular formula is C25H28N6O4S. The first-order valence-corrected chi connectivity index (χ1v) is 12.7. The monoisotopic (exact) mass is 508 g/mol. The van der Waals surface area contributed by atoms with Crippen molar-refractivity contribution in [1.29, 1.82) is 0 Å². The van der Waals surface area contributed by atoms with E-state index < -0.39 is 0 Å². The minimum atomic E-state index is 0.455.